The van der Waals surface area contributed by atoms with Crippen LogP contribution in [-0.2, 0) is 16.0 Å². The topological polar surface area (TPSA) is 58.6 Å². The molecule has 0 saturated carbocycles. The molecule has 1 aliphatic heterocycles. The molecule has 2 amide bonds. The lowest BCUT2D eigenvalue weighted by atomic mass is 10.1. The third-order valence-corrected chi connectivity index (χ3v) is 4.75. The zero-order chi connectivity index (χ0) is 18.4. The summed E-state index contributed by atoms with van der Waals surface area (Å²) in [5.41, 5.74) is 1.22. The molecule has 0 aliphatic carbocycles. The Morgan fingerprint density at radius 3 is 2.52 bits per heavy atom. The van der Waals surface area contributed by atoms with Gasteiger partial charge in [0, 0.05) is 18.5 Å². The molecule has 5 heteroatoms. The number of rotatable bonds is 7. The maximum absolute atomic E-state index is 12.6. The number of nitrogens with one attached hydrogen (secondary N) is 1. The molecule has 0 spiro atoms. The molecule has 1 fully saturated rings. The van der Waals surface area contributed by atoms with Gasteiger partial charge in [-0.3, -0.25) is 9.59 Å². The van der Waals surface area contributed by atoms with E-state index in [1.54, 1.807) is 12.0 Å². The minimum absolute atomic E-state index is 0.0197. The van der Waals surface area contributed by atoms with Gasteiger partial charge in [0.25, 0.3) is 0 Å². The van der Waals surface area contributed by atoms with Gasteiger partial charge in [-0.1, -0.05) is 26.0 Å². The van der Waals surface area contributed by atoms with Gasteiger partial charge in [0.15, 0.2) is 0 Å². The number of carbonyl (C=O) groups excluding carboxylic acids is 2. The summed E-state index contributed by atoms with van der Waals surface area (Å²) in [7, 11) is 1.66. The average molecular weight is 346 g/mol. The Bertz CT molecular complexity index is 583. The van der Waals surface area contributed by atoms with Crippen LogP contribution in [0.3, 0.4) is 0 Å². The summed E-state index contributed by atoms with van der Waals surface area (Å²) in [6, 6.07) is 7.77. The number of amides is 2. The predicted octanol–water partition coefficient (Wildman–Crippen LogP) is 2.78. The van der Waals surface area contributed by atoms with E-state index in [0.29, 0.717) is 6.54 Å². The van der Waals surface area contributed by atoms with Crippen LogP contribution in [0.15, 0.2) is 24.3 Å². The smallest absolute Gasteiger partial charge is 0.243 e. The Labute approximate surface area is 150 Å². The van der Waals surface area contributed by atoms with Crippen LogP contribution >= 0.6 is 0 Å². The summed E-state index contributed by atoms with van der Waals surface area (Å²) in [4.78, 5) is 26.6. The van der Waals surface area contributed by atoms with Gasteiger partial charge >= 0.3 is 0 Å². The number of ether oxygens (including phenoxy) is 1. The van der Waals surface area contributed by atoms with Crippen LogP contribution in [0.25, 0.3) is 0 Å². The van der Waals surface area contributed by atoms with E-state index in [-0.39, 0.29) is 29.8 Å². The molecule has 5 nitrogen and oxygen atoms in total. The first-order valence-electron chi connectivity index (χ1n) is 9.16. The quantitative estimate of drug-likeness (QED) is 0.826. The number of carbonyl (C=O) groups is 2. The SMILES string of the molecule is COc1ccc(CC[C@H](C)NC(=O)[C@H]2CCCN2C(=O)C(C)C)cc1. The lowest BCUT2D eigenvalue weighted by Crippen LogP contribution is -2.49. The fraction of sp³-hybridized carbons (Fsp3) is 0.600. The van der Waals surface area contributed by atoms with Crippen molar-refractivity contribution in [3.63, 3.8) is 0 Å². The highest BCUT2D eigenvalue weighted by Crippen LogP contribution is 2.20. The van der Waals surface area contributed by atoms with E-state index in [9.17, 15) is 9.59 Å². The Kier molecular flexibility index (Phi) is 6.85. The highest BCUT2D eigenvalue weighted by atomic mass is 16.5. The van der Waals surface area contributed by atoms with Crippen molar-refractivity contribution in [2.75, 3.05) is 13.7 Å². The number of methoxy groups -OCH3 is 1. The minimum Gasteiger partial charge on any atom is -0.497 e. The molecule has 1 aromatic carbocycles. The molecule has 1 saturated heterocycles. The number of benzene rings is 1. The number of nitrogens with zero attached hydrogens (tertiary/aromatic N) is 1. The normalized spacial score (nSPS) is 18.3. The van der Waals surface area contributed by atoms with Crippen molar-refractivity contribution in [1.29, 1.82) is 0 Å². The monoisotopic (exact) mass is 346 g/mol. The third kappa shape index (κ3) is 5.21. The Morgan fingerprint density at radius 1 is 1.24 bits per heavy atom. The lowest BCUT2D eigenvalue weighted by Gasteiger charge is -2.27. The molecule has 0 radical (unpaired) electrons. The maximum atomic E-state index is 12.6. The van der Waals surface area contributed by atoms with Crippen LogP contribution in [0.1, 0.15) is 45.6 Å². The zero-order valence-electron chi connectivity index (χ0n) is 15.7. The Morgan fingerprint density at radius 2 is 1.92 bits per heavy atom. The second-order valence-corrected chi connectivity index (χ2v) is 7.14. The van der Waals surface area contributed by atoms with Crippen molar-refractivity contribution in [3.05, 3.63) is 29.8 Å². The molecule has 1 N–H and O–H groups in total. The highest BCUT2D eigenvalue weighted by Gasteiger charge is 2.35. The van der Waals surface area contributed by atoms with Gasteiger partial charge in [-0.2, -0.15) is 0 Å². The van der Waals surface area contributed by atoms with Crippen LogP contribution in [0.5, 0.6) is 5.75 Å². The van der Waals surface area contributed by atoms with Crippen LogP contribution in [0.4, 0.5) is 0 Å². The van der Waals surface area contributed by atoms with Crippen LogP contribution in [0, 0.1) is 5.92 Å². The third-order valence-electron chi connectivity index (χ3n) is 4.75. The number of likely N-dealkylation sites (tertiary alicyclic amines) is 1. The van der Waals surface area contributed by atoms with E-state index in [2.05, 4.69) is 5.32 Å². The van der Waals surface area contributed by atoms with Gasteiger partial charge in [-0.05, 0) is 50.3 Å². The molecule has 1 aromatic rings. The summed E-state index contributed by atoms with van der Waals surface area (Å²) in [5, 5.41) is 3.08. The first kappa shape index (κ1) is 19.3. The lowest BCUT2D eigenvalue weighted by molar-refractivity contribution is -0.141. The number of hydrogen-bond donors (Lipinski definition) is 1. The van der Waals surface area contributed by atoms with E-state index in [1.807, 2.05) is 45.0 Å². The summed E-state index contributed by atoms with van der Waals surface area (Å²) in [6.45, 7) is 6.47. The Balaban J connectivity index is 1.83. The van der Waals surface area contributed by atoms with Crippen molar-refractivity contribution in [1.82, 2.24) is 10.2 Å². The van der Waals surface area contributed by atoms with Gasteiger partial charge in [0.05, 0.1) is 7.11 Å². The van der Waals surface area contributed by atoms with Crippen molar-refractivity contribution in [2.45, 2.75) is 58.5 Å². The van der Waals surface area contributed by atoms with Crippen molar-refractivity contribution >= 4 is 11.8 Å². The molecule has 0 bridgehead atoms. The van der Waals surface area contributed by atoms with Crippen LogP contribution < -0.4 is 10.1 Å². The summed E-state index contributed by atoms with van der Waals surface area (Å²) >= 11 is 0. The number of hydrogen-bond acceptors (Lipinski definition) is 3. The van der Waals surface area contributed by atoms with E-state index in [1.165, 1.54) is 5.56 Å². The van der Waals surface area contributed by atoms with Crippen molar-refractivity contribution < 1.29 is 14.3 Å². The van der Waals surface area contributed by atoms with E-state index < -0.39 is 0 Å². The highest BCUT2D eigenvalue weighted by molar-refractivity contribution is 5.89. The van der Waals surface area contributed by atoms with Crippen molar-refractivity contribution in [2.24, 2.45) is 5.92 Å². The molecule has 25 heavy (non-hydrogen) atoms. The Hall–Kier alpha value is -2.04. The molecule has 138 valence electrons. The molecule has 1 aliphatic rings. The van der Waals surface area contributed by atoms with E-state index in [4.69, 9.17) is 4.74 Å². The second-order valence-electron chi connectivity index (χ2n) is 7.14. The first-order valence-corrected chi connectivity index (χ1v) is 9.16. The second kappa shape index (κ2) is 8.88. The van der Waals surface area contributed by atoms with Crippen molar-refractivity contribution in [3.8, 4) is 5.75 Å². The summed E-state index contributed by atoms with van der Waals surface area (Å²) in [5.74, 6) is 0.833. The van der Waals surface area contributed by atoms with Crippen LogP contribution in [0.2, 0.25) is 0 Å². The average Bonchev–Trinajstić information content (AvgIpc) is 3.09. The predicted molar refractivity (Wildman–Crippen MR) is 98.5 cm³/mol. The molecule has 1 heterocycles. The molecule has 0 unspecified atom stereocenters. The first-order chi connectivity index (χ1) is 11.9. The molecule has 2 atom stereocenters. The molecule has 0 aromatic heterocycles. The minimum atomic E-state index is -0.307. The zero-order valence-corrected chi connectivity index (χ0v) is 15.7. The molecular weight excluding hydrogens is 316 g/mol. The van der Waals surface area contributed by atoms with Gasteiger partial charge in [0.1, 0.15) is 11.8 Å². The van der Waals surface area contributed by atoms with E-state index >= 15 is 0 Å². The molecular formula is C20H30N2O3. The van der Waals surface area contributed by atoms with Gasteiger partial charge in [0.2, 0.25) is 11.8 Å². The fourth-order valence-corrected chi connectivity index (χ4v) is 3.22. The van der Waals surface area contributed by atoms with Gasteiger partial charge in [-0.25, -0.2) is 0 Å². The fourth-order valence-electron chi connectivity index (χ4n) is 3.22. The maximum Gasteiger partial charge on any atom is 0.243 e. The number of aryl methyl sites for hydroxylation is 1. The molecule has 2 rings (SSSR count). The largest absolute Gasteiger partial charge is 0.497 e. The summed E-state index contributed by atoms with van der Waals surface area (Å²) in [6.07, 6.45) is 3.42. The van der Waals surface area contributed by atoms with Gasteiger partial charge < -0.3 is 15.0 Å². The standard InChI is InChI=1S/C20H30N2O3/c1-14(2)20(24)22-13-5-6-18(22)19(23)21-15(3)7-8-16-9-11-17(25-4)12-10-16/h9-12,14-15,18H,5-8,13H2,1-4H3,(H,21,23)/t15-,18+/m0/s1. The summed E-state index contributed by atoms with van der Waals surface area (Å²) < 4.78 is 5.16. The van der Waals surface area contributed by atoms with Crippen LogP contribution in [-0.4, -0.2) is 42.5 Å². The van der Waals surface area contributed by atoms with E-state index in [0.717, 1.165) is 31.4 Å². The van der Waals surface area contributed by atoms with Gasteiger partial charge in [-0.15, -0.1) is 0 Å².